The average molecular weight is 353 g/mol. The largest absolute Gasteiger partial charge is 0.351 e. The van der Waals surface area contributed by atoms with Crippen molar-refractivity contribution in [2.75, 3.05) is 5.32 Å². The number of rotatable bonds is 5. The molecule has 1 atom stereocenters. The van der Waals surface area contributed by atoms with Gasteiger partial charge in [0.1, 0.15) is 0 Å². The minimum Gasteiger partial charge on any atom is -0.351 e. The zero-order chi connectivity index (χ0) is 16.8. The minimum atomic E-state index is 0.0561. The van der Waals surface area contributed by atoms with Crippen LogP contribution < -0.4 is 10.6 Å². The molecule has 2 nitrogen and oxygen atoms in total. The smallest absolute Gasteiger partial charge is 0.171 e. The zero-order valence-corrected chi connectivity index (χ0v) is 15.2. The number of aryl methyl sites for hydroxylation is 1. The number of thiophene rings is 1. The first-order valence-electron chi connectivity index (χ1n) is 8.01. The summed E-state index contributed by atoms with van der Waals surface area (Å²) in [5, 5.41) is 9.48. The van der Waals surface area contributed by atoms with Gasteiger partial charge < -0.3 is 10.6 Å². The highest BCUT2D eigenvalue weighted by Crippen LogP contribution is 2.26. The quantitative estimate of drug-likeness (QED) is 0.602. The van der Waals surface area contributed by atoms with E-state index in [1.165, 1.54) is 16.0 Å². The monoisotopic (exact) mass is 352 g/mol. The third-order valence-corrected chi connectivity index (χ3v) is 4.99. The Balaban J connectivity index is 1.76. The summed E-state index contributed by atoms with van der Waals surface area (Å²) in [7, 11) is 0. The fourth-order valence-electron chi connectivity index (χ4n) is 2.59. The fraction of sp³-hybridized carbons (Fsp3) is 0.150. The molecule has 0 aliphatic heterocycles. The molecule has 2 N–H and O–H groups in total. The molecular weight excluding hydrogens is 332 g/mol. The van der Waals surface area contributed by atoms with Crippen molar-refractivity contribution in [2.24, 2.45) is 0 Å². The molecule has 0 amide bonds. The van der Waals surface area contributed by atoms with Gasteiger partial charge in [-0.2, -0.15) is 0 Å². The first kappa shape index (κ1) is 16.7. The first-order chi connectivity index (χ1) is 11.8. The van der Waals surface area contributed by atoms with Crippen molar-refractivity contribution in [2.45, 2.75) is 19.4 Å². The van der Waals surface area contributed by atoms with Gasteiger partial charge in [0, 0.05) is 10.6 Å². The van der Waals surface area contributed by atoms with Crippen LogP contribution in [0.15, 0.2) is 72.1 Å². The van der Waals surface area contributed by atoms with Crippen LogP contribution >= 0.6 is 23.6 Å². The molecule has 24 heavy (non-hydrogen) atoms. The van der Waals surface area contributed by atoms with Gasteiger partial charge >= 0.3 is 0 Å². The van der Waals surface area contributed by atoms with E-state index in [4.69, 9.17) is 12.2 Å². The summed E-state index contributed by atoms with van der Waals surface area (Å²) in [6.07, 6.45) is 1.01. The normalized spacial score (nSPS) is 11.7. The number of hydrogen-bond acceptors (Lipinski definition) is 2. The lowest BCUT2D eigenvalue weighted by molar-refractivity contribution is 0.784. The fourth-order valence-corrected chi connectivity index (χ4v) is 3.63. The van der Waals surface area contributed by atoms with E-state index in [9.17, 15) is 0 Å². The van der Waals surface area contributed by atoms with Crippen molar-refractivity contribution in [3.05, 3.63) is 88.1 Å². The second-order valence-corrected chi connectivity index (χ2v) is 6.90. The van der Waals surface area contributed by atoms with Crippen LogP contribution in [-0.4, -0.2) is 5.11 Å². The Hall–Kier alpha value is -2.17. The highest BCUT2D eigenvalue weighted by molar-refractivity contribution is 7.80. The van der Waals surface area contributed by atoms with E-state index in [1.54, 1.807) is 11.3 Å². The third-order valence-electron chi connectivity index (χ3n) is 3.83. The van der Waals surface area contributed by atoms with Crippen molar-refractivity contribution in [3.8, 4) is 0 Å². The summed E-state index contributed by atoms with van der Waals surface area (Å²) < 4.78 is 0. The van der Waals surface area contributed by atoms with Crippen molar-refractivity contribution in [1.29, 1.82) is 0 Å². The molecule has 0 saturated heterocycles. The summed E-state index contributed by atoms with van der Waals surface area (Å²) >= 11 is 7.28. The summed E-state index contributed by atoms with van der Waals surface area (Å²) in [4.78, 5) is 1.24. The second-order valence-electron chi connectivity index (χ2n) is 5.51. The van der Waals surface area contributed by atoms with Crippen LogP contribution in [0.3, 0.4) is 0 Å². The molecule has 0 radical (unpaired) electrons. The van der Waals surface area contributed by atoms with E-state index >= 15 is 0 Å². The van der Waals surface area contributed by atoms with E-state index in [1.807, 2.05) is 12.1 Å². The predicted octanol–water partition coefficient (Wildman–Crippen LogP) is 5.39. The Kier molecular flexibility index (Phi) is 5.62. The molecule has 0 spiro atoms. The Morgan fingerprint density at radius 2 is 1.88 bits per heavy atom. The molecule has 0 bridgehead atoms. The van der Waals surface area contributed by atoms with Gasteiger partial charge in [-0.1, -0.05) is 55.5 Å². The topological polar surface area (TPSA) is 24.1 Å². The summed E-state index contributed by atoms with van der Waals surface area (Å²) in [6.45, 7) is 2.15. The molecule has 0 fully saturated rings. The Morgan fingerprint density at radius 3 is 2.58 bits per heavy atom. The molecule has 0 aliphatic rings. The van der Waals surface area contributed by atoms with E-state index in [-0.39, 0.29) is 6.04 Å². The van der Waals surface area contributed by atoms with Gasteiger partial charge in [0.05, 0.1) is 6.04 Å². The van der Waals surface area contributed by atoms with E-state index in [0.29, 0.717) is 5.11 Å². The molecule has 122 valence electrons. The molecule has 2 aromatic carbocycles. The van der Waals surface area contributed by atoms with Gasteiger partial charge in [0.15, 0.2) is 5.11 Å². The van der Waals surface area contributed by atoms with Gasteiger partial charge in [-0.05, 0) is 53.3 Å². The summed E-state index contributed by atoms with van der Waals surface area (Å²) in [5.41, 5.74) is 3.51. The van der Waals surface area contributed by atoms with Crippen LogP contribution in [0.4, 0.5) is 5.69 Å². The van der Waals surface area contributed by atoms with Gasteiger partial charge in [-0.15, -0.1) is 11.3 Å². The molecule has 0 saturated carbocycles. The van der Waals surface area contributed by atoms with E-state index < -0.39 is 0 Å². The highest BCUT2D eigenvalue weighted by Gasteiger charge is 2.16. The molecule has 0 aliphatic carbocycles. The summed E-state index contributed by atoms with van der Waals surface area (Å²) in [5.74, 6) is 0. The molecule has 4 heteroatoms. The van der Waals surface area contributed by atoms with E-state index in [2.05, 4.69) is 77.5 Å². The number of anilines is 1. The standard InChI is InChI=1S/C20H20N2S2/c1-2-15-8-6-11-17(14-15)21-20(23)22-19(18-12-7-13-24-18)16-9-4-3-5-10-16/h3-14,19H,2H2,1H3,(H2,21,22,23)/t19-/m1/s1. The van der Waals surface area contributed by atoms with Crippen LogP contribution in [0.5, 0.6) is 0 Å². The zero-order valence-electron chi connectivity index (χ0n) is 13.5. The van der Waals surface area contributed by atoms with Gasteiger partial charge in [-0.25, -0.2) is 0 Å². The molecule has 0 unspecified atom stereocenters. The van der Waals surface area contributed by atoms with Crippen LogP contribution in [0.2, 0.25) is 0 Å². The van der Waals surface area contributed by atoms with Gasteiger partial charge in [0.2, 0.25) is 0 Å². The molecular formula is C20H20N2S2. The van der Waals surface area contributed by atoms with E-state index in [0.717, 1.165) is 12.1 Å². The van der Waals surface area contributed by atoms with Crippen molar-refractivity contribution in [3.63, 3.8) is 0 Å². The lowest BCUT2D eigenvalue weighted by Gasteiger charge is -2.20. The van der Waals surface area contributed by atoms with Crippen LogP contribution in [0.1, 0.15) is 29.0 Å². The Morgan fingerprint density at radius 1 is 1.04 bits per heavy atom. The van der Waals surface area contributed by atoms with Crippen LogP contribution in [0.25, 0.3) is 0 Å². The average Bonchev–Trinajstić information content (AvgIpc) is 3.15. The van der Waals surface area contributed by atoms with Crippen LogP contribution in [-0.2, 0) is 6.42 Å². The van der Waals surface area contributed by atoms with Gasteiger partial charge in [-0.3, -0.25) is 0 Å². The maximum Gasteiger partial charge on any atom is 0.171 e. The Labute approximate surface area is 152 Å². The van der Waals surface area contributed by atoms with Crippen molar-refractivity contribution < 1.29 is 0 Å². The number of nitrogens with one attached hydrogen (secondary N) is 2. The third kappa shape index (κ3) is 4.22. The minimum absolute atomic E-state index is 0.0561. The lowest BCUT2D eigenvalue weighted by Crippen LogP contribution is -2.32. The number of thiocarbonyl (C=S) groups is 1. The van der Waals surface area contributed by atoms with Crippen LogP contribution in [0, 0.1) is 0 Å². The molecule has 1 heterocycles. The maximum absolute atomic E-state index is 5.55. The SMILES string of the molecule is CCc1cccc(NC(=S)N[C@H](c2ccccc2)c2cccs2)c1. The molecule has 3 aromatic rings. The lowest BCUT2D eigenvalue weighted by atomic mass is 10.1. The van der Waals surface area contributed by atoms with Crippen molar-refractivity contribution >= 4 is 34.4 Å². The predicted molar refractivity (Wildman–Crippen MR) is 108 cm³/mol. The first-order valence-corrected chi connectivity index (χ1v) is 9.30. The molecule has 3 rings (SSSR count). The van der Waals surface area contributed by atoms with Crippen molar-refractivity contribution in [1.82, 2.24) is 5.32 Å². The molecule has 1 aromatic heterocycles. The number of benzene rings is 2. The second kappa shape index (κ2) is 8.08. The maximum atomic E-state index is 5.55. The van der Waals surface area contributed by atoms with Gasteiger partial charge in [0.25, 0.3) is 0 Å². The summed E-state index contributed by atoms with van der Waals surface area (Å²) in [6, 6.07) is 23.0. The number of hydrogen-bond donors (Lipinski definition) is 2. The highest BCUT2D eigenvalue weighted by atomic mass is 32.1. The Bertz CT molecular complexity index is 782.